The molecule has 2 heterocycles. The van der Waals surface area contributed by atoms with E-state index >= 15 is 0 Å². The maximum absolute atomic E-state index is 4.69. The fraction of sp³-hybridized carbons (Fsp3) is 0.750. The summed E-state index contributed by atoms with van der Waals surface area (Å²) in [4.78, 5) is 6.05. The van der Waals surface area contributed by atoms with Crippen molar-refractivity contribution in [2.75, 3.05) is 0 Å². The van der Waals surface area contributed by atoms with Crippen molar-refractivity contribution in [1.82, 2.24) is 15.2 Å². The van der Waals surface area contributed by atoms with Gasteiger partial charge in [-0.2, -0.15) is 0 Å². The summed E-state index contributed by atoms with van der Waals surface area (Å²) >= 11 is 3.63. The highest BCUT2D eigenvalue weighted by molar-refractivity contribution is 7.12. The van der Waals surface area contributed by atoms with Gasteiger partial charge in [-0.25, -0.2) is 4.98 Å². The highest BCUT2D eigenvalue weighted by Crippen LogP contribution is 2.38. The third kappa shape index (κ3) is 5.10. The summed E-state index contributed by atoms with van der Waals surface area (Å²) in [6, 6.07) is 0. The van der Waals surface area contributed by atoms with Gasteiger partial charge in [-0.1, -0.05) is 62.3 Å². The molecule has 0 aliphatic rings. The molecule has 2 rings (SSSR count). The van der Waals surface area contributed by atoms with Crippen molar-refractivity contribution in [1.29, 1.82) is 0 Å². The Balaban J connectivity index is 2.04. The van der Waals surface area contributed by atoms with E-state index in [1.54, 1.807) is 11.3 Å². The van der Waals surface area contributed by atoms with E-state index in [0.717, 1.165) is 22.9 Å². The van der Waals surface area contributed by atoms with E-state index in [9.17, 15) is 0 Å². The zero-order valence-corrected chi connectivity index (χ0v) is 18.9. The molecule has 0 aromatic carbocycles. The molecule has 1 atom stereocenters. The van der Waals surface area contributed by atoms with E-state index in [2.05, 4.69) is 83.7 Å². The highest BCUT2D eigenvalue weighted by Gasteiger charge is 2.29. The van der Waals surface area contributed by atoms with Gasteiger partial charge in [0, 0.05) is 27.8 Å². The lowest BCUT2D eigenvalue weighted by atomic mass is 9.86. The van der Waals surface area contributed by atoms with Crippen LogP contribution in [0.2, 0.25) is 0 Å². The predicted molar refractivity (Wildman–Crippen MR) is 110 cm³/mol. The second-order valence-electron chi connectivity index (χ2n) is 9.80. The predicted octanol–water partition coefficient (Wildman–Crippen LogP) is 6.45. The second-order valence-corrected chi connectivity index (χ2v) is 11.8. The van der Waals surface area contributed by atoms with Gasteiger partial charge in [0.25, 0.3) is 0 Å². The van der Waals surface area contributed by atoms with Gasteiger partial charge in [-0.3, -0.25) is 0 Å². The van der Waals surface area contributed by atoms with Gasteiger partial charge >= 0.3 is 0 Å². The third-order valence-corrected chi connectivity index (χ3v) is 7.90. The Morgan fingerprint density at radius 1 is 0.880 bits per heavy atom. The van der Waals surface area contributed by atoms with E-state index < -0.39 is 0 Å². The Labute approximate surface area is 161 Å². The first-order valence-electron chi connectivity index (χ1n) is 9.11. The molecule has 5 heteroatoms. The molecule has 0 N–H and O–H groups in total. The Bertz CT molecular complexity index is 699. The first-order valence-corrected chi connectivity index (χ1v) is 10.7. The van der Waals surface area contributed by atoms with Gasteiger partial charge in [-0.05, 0) is 18.3 Å². The van der Waals surface area contributed by atoms with E-state index in [-0.39, 0.29) is 16.2 Å². The van der Waals surface area contributed by atoms with Crippen LogP contribution in [0.3, 0.4) is 0 Å². The maximum Gasteiger partial charge on any atom is 0.123 e. The van der Waals surface area contributed by atoms with Crippen LogP contribution in [0.25, 0.3) is 0 Å². The summed E-state index contributed by atoms with van der Waals surface area (Å²) in [5, 5.41) is 12.5. The summed E-state index contributed by atoms with van der Waals surface area (Å²) in [7, 11) is 0. The molecule has 0 radical (unpaired) electrons. The van der Waals surface area contributed by atoms with Crippen molar-refractivity contribution in [3.63, 3.8) is 0 Å². The minimum Gasteiger partial charge on any atom is -0.249 e. The third-order valence-electron chi connectivity index (χ3n) is 4.53. The van der Waals surface area contributed by atoms with E-state index in [4.69, 9.17) is 0 Å². The molecule has 2 aromatic heterocycles. The molecule has 0 bridgehead atoms. The smallest absolute Gasteiger partial charge is 0.123 e. The van der Waals surface area contributed by atoms with E-state index in [1.807, 2.05) is 11.3 Å². The number of thiazole rings is 1. The maximum atomic E-state index is 4.69. The van der Waals surface area contributed by atoms with Gasteiger partial charge < -0.3 is 0 Å². The molecule has 1 unspecified atom stereocenters. The van der Waals surface area contributed by atoms with Crippen molar-refractivity contribution in [3.05, 3.63) is 26.1 Å². The minimum absolute atomic E-state index is 0.0551. The molecule has 25 heavy (non-hydrogen) atoms. The molecule has 0 aliphatic carbocycles. The Kier molecular flexibility index (Phi) is 5.80. The summed E-state index contributed by atoms with van der Waals surface area (Å²) < 4.78 is 0. The van der Waals surface area contributed by atoms with Crippen LogP contribution in [0.4, 0.5) is 0 Å². The van der Waals surface area contributed by atoms with Crippen molar-refractivity contribution in [2.24, 2.45) is 0 Å². The molecule has 0 saturated carbocycles. The van der Waals surface area contributed by atoms with Crippen molar-refractivity contribution in [2.45, 2.75) is 97.3 Å². The molecule has 3 nitrogen and oxygen atoms in total. The van der Waals surface area contributed by atoms with Crippen LogP contribution >= 0.6 is 22.7 Å². The Hall–Kier alpha value is -0.810. The first-order chi connectivity index (χ1) is 11.3. The fourth-order valence-corrected chi connectivity index (χ4v) is 4.56. The molecular weight excluding hydrogens is 346 g/mol. The quantitative estimate of drug-likeness (QED) is 0.599. The lowest BCUT2D eigenvalue weighted by molar-refractivity contribution is 0.434. The summed E-state index contributed by atoms with van der Waals surface area (Å²) in [6.07, 6.45) is 4.27. The number of nitrogens with zero attached hydrogens (tertiary/aromatic N) is 3. The zero-order chi connectivity index (χ0) is 19.0. The van der Waals surface area contributed by atoms with Gasteiger partial charge in [0.05, 0.1) is 5.01 Å². The summed E-state index contributed by atoms with van der Waals surface area (Å²) in [5.74, 6) is 0.482. The first kappa shape index (κ1) is 20.5. The largest absolute Gasteiger partial charge is 0.249 e. The average Bonchev–Trinajstić information content (AvgIpc) is 3.12. The molecule has 0 saturated heterocycles. The van der Waals surface area contributed by atoms with Crippen LogP contribution in [0.15, 0.2) is 6.20 Å². The van der Waals surface area contributed by atoms with Crippen LogP contribution in [0.5, 0.6) is 0 Å². The minimum atomic E-state index is 0.0551. The standard InChI is InChI=1S/C20H33N3S2/c1-13(15-21-12-14(24-15)18(2,3)4)10-11-20(8,9)17-23-22-16(25-17)19(5,6)7/h12-13H,10-11H2,1-9H3. The van der Waals surface area contributed by atoms with Crippen LogP contribution in [-0.2, 0) is 16.2 Å². The molecule has 0 amide bonds. The normalized spacial score (nSPS) is 14.8. The van der Waals surface area contributed by atoms with E-state index in [1.165, 1.54) is 9.88 Å². The monoisotopic (exact) mass is 379 g/mol. The molecule has 0 spiro atoms. The lowest BCUT2D eigenvalue weighted by Crippen LogP contribution is -2.17. The number of hydrogen-bond donors (Lipinski definition) is 0. The van der Waals surface area contributed by atoms with Crippen molar-refractivity contribution < 1.29 is 0 Å². The van der Waals surface area contributed by atoms with Gasteiger partial charge in [0.1, 0.15) is 10.0 Å². The number of rotatable bonds is 5. The SMILES string of the molecule is CC(CCC(C)(C)c1nnc(C(C)(C)C)s1)c1ncc(C(C)(C)C)s1. The number of aromatic nitrogens is 3. The van der Waals surface area contributed by atoms with Crippen molar-refractivity contribution in [3.8, 4) is 0 Å². The molecule has 140 valence electrons. The van der Waals surface area contributed by atoms with Crippen LogP contribution in [0.1, 0.15) is 101 Å². The molecule has 2 aromatic rings. The number of hydrogen-bond acceptors (Lipinski definition) is 5. The molecule has 0 fully saturated rings. The fourth-order valence-electron chi connectivity index (χ4n) is 2.47. The average molecular weight is 380 g/mol. The van der Waals surface area contributed by atoms with Gasteiger partial charge in [0.15, 0.2) is 0 Å². The topological polar surface area (TPSA) is 38.7 Å². The van der Waals surface area contributed by atoms with Gasteiger partial charge in [0.2, 0.25) is 0 Å². The molecular formula is C20H33N3S2. The second kappa shape index (κ2) is 7.07. The Morgan fingerprint density at radius 3 is 1.96 bits per heavy atom. The van der Waals surface area contributed by atoms with Gasteiger partial charge in [-0.15, -0.1) is 32.9 Å². The summed E-state index contributed by atoms with van der Waals surface area (Å²) in [6.45, 7) is 20.2. The Morgan fingerprint density at radius 2 is 1.48 bits per heavy atom. The van der Waals surface area contributed by atoms with E-state index in [0.29, 0.717) is 5.92 Å². The van der Waals surface area contributed by atoms with Crippen LogP contribution < -0.4 is 0 Å². The van der Waals surface area contributed by atoms with Crippen LogP contribution in [-0.4, -0.2) is 15.2 Å². The van der Waals surface area contributed by atoms with Crippen LogP contribution in [0, 0.1) is 0 Å². The summed E-state index contributed by atoms with van der Waals surface area (Å²) in [5.41, 5.74) is 0.313. The molecule has 0 aliphatic heterocycles. The zero-order valence-electron chi connectivity index (χ0n) is 17.2. The lowest BCUT2D eigenvalue weighted by Gasteiger charge is -2.23. The highest BCUT2D eigenvalue weighted by atomic mass is 32.1. The van der Waals surface area contributed by atoms with Crippen molar-refractivity contribution >= 4 is 22.7 Å².